The van der Waals surface area contributed by atoms with Gasteiger partial charge in [0.1, 0.15) is 16.4 Å². The van der Waals surface area contributed by atoms with Crippen molar-refractivity contribution in [1.29, 1.82) is 0 Å². The highest BCUT2D eigenvalue weighted by Gasteiger charge is 2.34. The van der Waals surface area contributed by atoms with Gasteiger partial charge in [0.25, 0.3) is 0 Å². The predicted octanol–water partition coefficient (Wildman–Crippen LogP) is 2.96. The van der Waals surface area contributed by atoms with Gasteiger partial charge >= 0.3 is 0 Å². The lowest BCUT2D eigenvalue weighted by Crippen LogP contribution is -2.39. The highest BCUT2D eigenvalue weighted by Crippen LogP contribution is 2.29. The average Bonchev–Trinajstić information content (AvgIpc) is 3.25. The summed E-state index contributed by atoms with van der Waals surface area (Å²) >= 11 is 0. The van der Waals surface area contributed by atoms with Gasteiger partial charge in [-0.15, -0.1) is 0 Å². The highest BCUT2D eigenvalue weighted by molar-refractivity contribution is 7.89. The summed E-state index contributed by atoms with van der Waals surface area (Å²) in [7, 11) is -3.58. The summed E-state index contributed by atoms with van der Waals surface area (Å²) in [6, 6.07) is 3.91. The fourth-order valence-corrected chi connectivity index (χ4v) is 5.74. The molecule has 0 atom stereocenters. The number of aryl methyl sites for hydroxylation is 3. The predicted molar refractivity (Wildman–Crippen MR) is 108 cm³/mol. The van der Waals surface area contributed by atoms with E-state index in [1.165, 1.54) is 0 Å². The van der Waals surface area contributed by atoms with Crippen molar-refractivity contribution >= 4 is 10.0 Å². The summed E-state index contributed by atoms with van der Waals surface area (Å²) in [4.78, 5) is 8.96. The third-order valence-electron chi connectivity index (χ3n) is 5.55. The normalized spacial score (nSPS) is 16.4. The lowest BCUT2D eigenvalue weighted by Gasteiger charge is -2.31. The van der Waals surface area contributed by atoms with E-state index in [9.17, 15) is 8.42 Å². The lowest BCUT2D eigenvalue weighted by molar-refractivity contribution is 0.252. The number of pyridine rings is 1. The van der Waals surface area contributed by atoms with Crippen LogP contribution in [-0.2, 0) is 16.6 Å². The van der Waals surface area contributed by atoms with E-state index in [0.29, 0.717) is 30.5 Å². The van der Waals surface area contributed by atoms with Gasteiger partial charge in [-0.3, -0.25) is 4.98 Å². The first-order valence-electron chi connectivity index (χ1n) is 9.73. The molecule has 0 N–H and O–H groups in total. The molecule has 0 spiro atoms. The van der Waals surface area contributed by atoms with Crippen LogP contribution in [0.15, 0.2) is 40.1 Å². The number of hydrogen-bond acceptors (Lipinski definition) is 6. The van der Waals surface area contributed by atoms with Crippen LogP contribution in [0.5, 0.6) is 0 Å². The third kappa shape index (κ3) is 3.72. The SMILES string of the molecule is Cc1noc(C)c1S(=O)(=O)N1CCC(Cn2c(C)cnc2-c2cccnc2)CC1. The second kappa shape index (κ2) is 7.72. The summed E-state index contributed by atoms with van der Waals surface area (Å²) in [6.45, 7) is 7.15. The molecule has 0 amide bonds. The molecule has 1 saturated heterocycles. The van der Waals surface area contributed by atoms with E-state index in [-0.39, 0.29) is 4.90 Å². The Balaban J connectivity index is 1.47. The number of nitrogens with zero attached hydrogens (tertiary/aromatic N) is 5. The van der Waals surface area contributed by atoms with Gasteiger partial charge in [-0.25, -0.2) is 13.4 Å². The minimum atomic E-state index is -3.58. The molecule has 0 saturated carbocycles. The second-order valence-corrected chi connectivity index (χ2v) is 9.45. The van der Waals surface area contributed by atoms with Crippen molar-refractivity contribution in [3.63, 3.8) is 0 Å². The molecule has 4 heterocycles. The van der Waals surface area contributed by atoms with Crippen LogP contribution in [0.2, 0.25) is 0 Å². The number of aromatic nitrogens is 4. The van der Waals surface area contributed by atoms with Gasteiger partial charge in [-0.1, -0.05) is 5.16 Å². The summed E-state index contributed by atoms with van der Waals surface area (Å²) in [5, 5.41) is 3.79. The fraction of sp³-hybridized carbons (Fsp3) is 0.450. The van der Waals surface area contributed by atoms with Gasteiger partial charge in [0.15, 0.2) is 5.76 Å². The quantitative estimate of drug-likeness (QED) is 0.636. The Bertz CT molecular complexity index is 1080. The number of sulfonamides is 1. The van der Waals surface area contributed by atoms with Crippen molar-refractivity contribution in [2.24, 2.45) is 5.92 Å². The zero-order chi connectivity index (χ0) is 20.6. The zero-order valence-electron chi connectivity index (χ0n) is 16.9. The first kappa shape index (κ1) is 19.8. The maximum absolute atomic E-state index is 13.0. The molecule has 9 heteroatoms. The van der Waals surface area contributed by atoms with Crippen molar-refractivity contribution in [2.75, 3.05) is 13.1 Å². The molecular weight excluding hydrogens is 390 g/mol. The number of rotatable bonds is 5. The molecule has 3 aromatic heterocycles. The van der Waals surface area contributed by atoms with Crippen LogP contribution in [0, 0.1) is 26.7 Å². The van der Waals surface area contributed by atoms with Crippen LogP contribution in [0.4, 0.5) is 0 Å². The standard InChI is InChI=1S/C20H25N5O3S/c1-14-11-22-20(18-5-4-8-21-12-18)25(14)13-17-6-9-24(10-7-17)29(26,27)19-15(2)23-28-16(19)3/h4-5,8,11-12,17H,6-7,9-10,13H2,1-3H3. The van der Waals surface area contributed by atoms with Crippen molar-refractivity contribution in [1.82, 2.24) is 24.0 Å². The second-order valence-electron chi connectivity index (χ2n) is 7.58. The molecule has 4 rings (SSSR count). The largest absolute Gasteiger partial charge is 0.360 e. The lowest BCUT2D eigenvalue weighted by atomic mass is 9.98. The smallest absolute Gasteiger partial charge is 0.248 e. The molecule has 154 valence electrons. The molecule has 1 aliphatic heterocycles. The van der Waals surface area contributed by atoms with Gasteiger partial charge < -0.3 is 9.09 Å². The highest BCUT2D eigenvalue weighted by atomic mass is 32.2. The van der Waals surface area contributed by atoms with Crippen molar-refractivity contribution < 1.29 is 12.9 Å². The molecule has 0 bridgehead atoms. The first-order chi connectivity index (χ1) is 13.9. The fourth-order valence-electron chi connectivity index (χ4n) is 3.98. The van der Waals surface area contributed by atoms with Gasteiger partial charge in [-0.05, 0) is 51.7 Å². The third-order valence-corrected chi connectivity index (χ3v) is 7.70. The van der Waals surface area contributed by atoms with E-state index in [4.69, 9.17) is 4.52 Å². The van der Waals surface area contributed by atoms with Crippen LogP contribution in [0.1, 0.15) is 30.0 Å². The number of hydrogen-bond donors (Lipinski definition) is 0. The Hall–Kier alpha value is -2.52. The summed E-state index contributed by atoms with van der Waals surface area (Å²) in [5.74, 6) is 1.63. The van der Waals surface area contributed by atoms with Crippen LogP contribution in [-0.4, -0.2) is 45.5 Å². The maximum atomic E-state index is 13.0. The topological polar surface area (TPSA) is 94.1 Å². The molecule has 29 heavy (non-hydrogen) atoms. The molecule has 0 aliphatic carbocycles. The monoisotopic (exact) mass is 415 g/mol. The van der Waals surface area contributed by atoms with E-state index in [1.54, 1.807) is 24.3 Å². The van der Waals surface area contributed by atoms with Crippen LogP contribution in [0.3, 0.4) is 0 Å². The van der Waals surface area contributed by atoms with Crippen LogP contribution in [0.25, 0.3) is 11.4 Å². The first-order valence-corrected chi connectivity index (χ1v) is 11.2. The molecule has 1 aliphatic rings. The van der Waals surface area contributed by atoms with Gasteiger partial charge in [0.2, 0.25) is 10.0 Å². The van der Waals surface area contributed by atoms with E-state index >= 15 is 0 Å². The van der Waals surface area contributed by atoms with E-state index in [0.717, 1.165) is 36.5 Å². The summed E-state index contributed by atoms with van der Waals surface area (Å²) in [5.41, 5.74) is 2.49. The molecule has 0 aromatic carbocycles. The molecule has 8 nitrogen and oxygen atoms in total. The van der Waals surface area contributed by atoms with Gasteiger partial charge in [-0.2, -0.15) is 4.31 Å². The Morgan fingerprint density at radius 1 is 1.17 bits per heavy atom. The minimum absolute atomic E-state index is 0.209. The Morgan fingerprint density at radius 2 is 1.93 bits per heavy atom. The van der Waals surface area contributed by atoms with E-state index in [2.05, 4.69) is 19.7 Å². The minimum Gasteiger partial charge on any atom is -0.360 e. The number of piperidine rings is 1. The zero-order valence-corrected chi connectivity index (χ0v) is 17.7. The Morgan fingerprint density at radius 3 is 2.55 bits per heavy atom. The maximum Gasteiger partial charge on any atom is 0.248 e. The Kier molecular flexibility index (Phi) is 5.26. The van der Waals surface area contributed by atoms with Crippen molar-refractivity contribution in [3.8, 4) is 11.4 Å². The van der Waals surface area contributed by atoms with Crippen molar-refractivity contribution in [3.05, 3.63) is 47.9 Å². The molecular formula is C20H25N5O3S. The van der Waals surface area contributed by atoms with E-state index < -0.39 is 10.0 Å². The molecule has 0 radical (unpaired) electrons. The van der Waals surface area contributed by atoms with E-state index in [1.807, 2.05) is 31.5 Å². The molecule has 3 aromatic rings. The average molecular weight is 416 g/mol. The van der Waals surface area contributed by atoms with Crippen LogP contribution >= 0.6 is 0 Å². The molecule has 1 fully saturated rings. The summed E-state index contributed by atoms with van der Waals surface area (Å²) in [6.07, 6.45) is 7.04. The molecule has 0 unspecified atom stereocenters. The van der Waals surface area contributed by atoms with Crippen LogP contribution < -0.4 is 0 Å². The van der Waals surface area contributed by atoms with Gasteiger partial charge in [0, 0.05) is 49.5 Å². The van der Waals surface area contributed by atoms with Gasteiger partial charge in [0.05, 0.1) is 0 Å². The Labute approximate surface area is 170 Å². The van der Waals surface area contributed by atoms with Crippen molar-refractivity contribution in [2.45, 2.75) is 45.1 Å². The summed E-state index contributed by atoms with van der Waals surface area (Å²) < 4.78 is 34.8. The number of imidazole rings is 1.